The Morgan fingerprint density at radius 2 is 0.962 bits per heavy atom. The van der Waals surface area contributed by atoms with Gasteiger partial charge in [-0.15, -0.1) is 0 Å². The highest BCUT2D eigenvalue weighted by molar-refractivity contribution is 7.47. The Balaban J connectivity index is 4.35. The molecule has 2 atom stereocenters. The van der Waals surface area contributed by atoms with Crippen molar-refractivity contribution in [2.75, 3.05) is 47.5 Å². The fourth-order valence-electron chi connectivity index (χ4n) is 6.07. The second-order valence-electron chi connectivity index (χ2n) is 16.1. The lowest BCUT2D eigenvalue weighted by Crippen LogP contribution is -2.37. The lowest BCUT2D eigenvalue weighted by molar-refractivity contribution is -0.870. The molecule has 1 unspecified atom stereocenters. The molecule has 9 nitrogen and oxygen atoms in total. The summed E-state index contributed by atoms with van der Waals surface area (Å²) in [4.78, 5) is 35.3. The van der Waals surface area contributed by atoms with Crippen LogP contribution in [0.2, 0.25) is 0 Å². The summed E-state index contributed by atoms with van der Waals surface area (Å²) >= 11 is 0. The van der Waals surface area contributed by atoms with Crippen molar-refractivity contribution in [3.63, 3.8) is 0 Å². The number of ether oxygens (including phenoxy) is 2. The average Bonchev–Trinajstić information content (AvgIpc) is 3.10. The number of phosphoric ester groups is 1. The zero-order chi connectivity index (χ0) is 39.3. The van der Waals surface area contributed by atoms with Crippen molar-refractivity contribution in [3.05, 3.63) is 12.2 Å². The first kappa shape index (κ1) is 51.8. The van der Waals surface area contributed by atoms with E-state index in [1.54, 1.807) is 0 Å². The SMILES string of the molecule is CCCCCC/C=C/CCCCCCCCCC(=O)O[C@H](COC(=O)CCCCCCCCCCCCCCCC)COP(=O)(O)OCC[N+](C)(C)C. The summed E-state index contributed by atoms with van der Waals surface area (Å²) in [6, 6.07) is 0. The Hall–Kier alpha value is -1.25. The van der Waals surface area contributed by atoms with Crippen LogP contribution in [0, 0.1) is 0 Å². The Kier molecular flexibility index (Phi) is 35.5. The fraction of sp³-hybridized carbons (Fsp3) is 0.907. The zero-order valence-corrected chi connectivity index (χ0v) is 36.2. The number of carbonyl (C=O) groups is 2. The van der Waals surface area contributed by atoms with Crippen LogP contribution >= 0.6 is 7.82 Å². The number of hydrogen-bond acceptors (Lipinski definition) is 7. The molecule has 0 aliphatic heterocycles. The van der Waals surface area contributed by atoms with Gasteiger partial charge in [0, 0.05) is 12.8 Å². The molecular formula is C43H85NO8P+. The summed E-state index contributed by atoms with van der Waals surface area (Å²) in [6.07, 6.45) is 36.8. The van der Waals surface area contributed by atoms with E-state index in [1.165, 1.54) is 122 Å². The van der Waals surface area contributed by atoms with Crippen molar-refractivity contribution in [1.29, 1.82) is 0 Å². The van der Waals surface area contributed by atoms with Gasteiger partial charge in [-0.2, -0.15) is 0 Å². The molecule has 0 spiro atoms. The lowest BCUT2D eigenvalue weighted by atomic mass is 10.0. The molecule has 0 bridgehead atoms. The molecule has 0 amide bonds. The first-order valence-electron chi connectivity index (χ1n) is 21.9. The van der Waals surface area contributed by atoms with Crippen LogP contribution in [0.3, 0.4) is 0 Å². The maximum absolute atomic E-state index is 12.7. The molecule has 0 rings (SSSR count). The van der Waals surface area contributed by atoms with Crippen LogP contribution < -0.4 is 0 Å². The van der Waals surface area contributed by atoms with Crippen LogP contribution in [-0.2, 0) is 32.7 Å². The molecule has 0 aromatic heterocycles. The van der Waals surface area contributed by atoms with E-state index in [4.69, 9.17) is 18.5 Å². The smallest absolute Gasteiger partial charge is 0.462 e. The number of hydrogen-bond donors (Lipinski definition) is 1. The van der Waals surface area contributed by atoms with Crippen molar-refractivity contribution in [2.24, 2.45) is 0 Å². The van der Waals surface area contributed by atoms with Gasteiger partial charge in [0.05, 0.1) is 27.7 Å². The van der Waals surface area contributed by atoms with Gasteiger partial charge in [-0.25, -0.2) is 4.57 Å². The molecule has 0 fully saturated rings. The normalized spacial score (nSPS) is 13.7. The topological polar surface area (TPSA) is 108 Å². The number of nitrogens with zero attached hydrogens (tertiary/aromatic N) is 1. The Bertz CT molecular complexity index is 922. The van der Waals surface area contributed by atoms with E-state index >= 15 is 0 Å². The van der Waals surface area contributed by atoms with Crippen molar-refractivity contribution in [1.82, 2.24) is 0 Å². The second kappa shape index (κ2) is 36.4. The molecular weight excluding hydrogens is 689 g/mol. The third kappa shape index (κ3) is 40.2. The van der Waals surface area contributed by atoms with Gasteiger partial charge in [-0.1, -0.05) is 161 Å². The van der Waals surface area contributed by atoms with Crippen molar-refractivity contribution in [2.45, 2.75) is 206 Å². The van der Waals surface area contributed by atoms with E-state index in [9.17, 15) is 19.0 Å². The van der Waals surface area contributed by atoms with E-state index in [-0.39, 0.29) is 25.6 Å². The number of phosphoric acid groups is 1. The number of rotatable bonds is 40. The summed E-state index contributed by atoms with van der Waals surface area (Å²) in [6.45, 7) is 4.42. The van der Waals surface area contributed by atoms with Gasteiger partial charge in [0.25, 0.3) is 0 Å². The minimum Gasteiger partial charge on any atom is -0.462 e. The predicted molar refractivity (Wildman–Crippen MR) is 220 cm³/mol. The molecule has 0 aliphatic rings. The second-order valence-corrected chi connectivity index (χ2v) is 17.5. The molecule has 0 radical (unpaired) electrons. The third-order valence-electron chi connectivity index (χ3n) is 9.55. The molecule has 10 heteroatoms. The monoisotopic (exact) mass is 775 g/mol. The van der Waals surface area contributed by atoms with Crippen LogP contribution in [0.1, 0.15) is 200 Å². The van der Waals surface area contributed by atoms with Crippen LogP contribution in [0.5, 0.6) is 0 Å². The van der Waals surface area contributed by atoms with Crippen molar-refractivity contribution >= 4 is 19.8 Å². The van der Waals surface area contributed by atoms with E-state index in [1.807, 2.05) is 21.1 Å². The lowest BCUT2D eigenvalue weighted by Gasteiger charge is -2.24. The van der Waals surface area contributed by atoms with Gasteiger partial charge in [0.2, 0.25) is 0 Å². The Morgan fingerprint density at radius 3 is 1.42 bits per heavy atom. The summed E-state index contributed by atoms with van der Waals surface area (Å²) in [5.41, 5.74) is 0. The van der Waals surface area contributed by atoms with Gasteiger partial charge in [0.15, 0.2) is 6.10 Å². The number of allylic oxidation sites excluding steroid dienone is 2. The highest BCUT2D eigenvalue weighted by Gasteiger charge is 2.27. The Morgan fingerprint density at radius 1 is 0.566 bits per heavy atom. The van der Waals surface area contributed by atoms with Gasteiger partial charge in [-0.3, -0.25) is 18.6 Å². The van der Waals surface area contributed by atoms with Gasteiger partial charge in [-0.05, 0) is 38.5 Å². The maximum atomic E-state index is 12.7. The van der Waals surface area contributed by atoms with Crippen LogP contribution in [0.4, 0.5) is 0 Å². The number of quaternary nitrogens is 1. The number of unbranched alkanes of at least 4 members (excludes halogenated alkanes) is 24. The molecule has 0 aromatic carbocycles. The average molecular weight is 775 g/mol. The molecule has 0 saturated carbocycles. The predicted octanol–water partition coefficient (Wildman–Crippen LogP) is 12.2. The summed E-state index contributed by atoms with van der Waals surface area (Å²) in [7, 11) is 1.48. The van der Waals surface area contributed by atoms with E-state index in [0.717, 1.165) is 44.9 Å². The van der Waals surface area contributed by atoms with Crippen LogP contribution in [0.25, 0.3) is 0 Å². The minimum atomic E-state index is -4.37. The molecule has 1 N–H and O–H groups in total. The maximum Gasteiger partial charge on any atom is 0.472 e. The van der Waals surface area contributed by atoms with Crippen LogP contribution in [0.15, 0.2) is 12.2 Å². The van der Waals surface area contributed by atoms with Crippen molar-refractivity contribution < 1.29 is 42.1 Å². The molecule has 53 heavy (non-hydrogen) atoms. The third-order valence-corrected chi connectivity index (χ3v) is 10.5. The van der Waals surface area contributed by atoms with Crippen molar-refractivity contribution in [3.8, 4) is 0 Å². The first-order valence-corrected chi connectivity index (χ1v) is 23.4. The molecule has 0 saturated heterocycles. The largest absolute Gasteiger partial charge is 0.472 e. The zero-order valence-electron chi connectivity index (χ0n) is 35.3. The quantitative estimate of drug-likeness (QED) is 0.0215. The van der Waals surface area contributed by atoms with E-state index in [0.29, 0.717) is 23.9 Å². The molecule has 314 valence electrons. The molecule has 0 aliphatic carbocycles. The van der Waals surface area contributed by atoms with Gasteiger partial charge in [0.1, 0.15) is 19.8 Å². The fourth-order valence-corrected chi connectivity index (χ4v) is 6.81. The van der Waals surface area contributed by atoms with E-state index in [2.05, 4.69) is 26.0 Å². The van der Waals surface area contributed by atoms with E-state index < -0.39 is 26.5 Å². The van der Waals surface area contributed by atoms with Gasteiger partial charge < -0.3 is 18.9 Å². The van der Waals surface area contributed by atoms with Gasteiger partial charge >= 0.3 is 19.8 Å². The number of esters is 2. The standard InChI is InChI=1S/C43H84NO8P/c1-6-8-10-12-14-16-18-20-22-24-26-28-30-32-34-36-43(46)52-41(40-51-53(47,48)50-38-37-44(3,4)5)39-49-42(45)35-33-31-29-27-25-23-21-19-17-15-13-11-9-7-2/h16,18,41H,6-15,17,19-40H2,1-5H3/p+1/b18-16+/t41-/m1/s1. The van der Waals surface area contributed by atoms with Crippen LogP contribution in [-0.4, -0.2) is 74.9 Å². The number of likely N-dealkylation sites (N-methyl/N-ethyl adjacent to an activating group) is 1. The first-order chi connectivity index (χ1) is 25.5. The highest BCUT2D eigenvalue weighted by Crippen LogP contribution is 2.43. The highest BCUT2D eigenvalue weighted by atomic mass is 31.2. The minimum absolute atomic E-state index is 0.0339. The summed E-state index contributed by atoms with van der Waals surface area (Å²) in [5, 5.41) is 0. The molecule has 0 aromatic rings. The Labute approximate surface area is 326 Å². The molecule has 0 heterocycles. The number of carbonyl (C=O) groups excluding carboxylic acids is 2. The summed E-state index contributed by atoms with van der Waals surface area (Å²) < 4.78 is 34.3. The summed E-state index contributed by atoms with van der Waals surface area (Å²) in [5.74, 6) is -0.795.